The number of aryl methyl sites for hydroxylation is 1. The Hall–Kier alpha value is -3.62. The van der Waals surface area contributed by atoms with Crippen molar-refractivity contribution < 1.29 is 14.4 Å². The number of pyridine rings is 1. The lowest BCUT2D eigenvalue weighted by atomic mass is 10.1. The number of rotatable bonds is 11. The van der Waals surface area contributed by atoms with E-state index < -0.39 is 0 Å². The molecule has 0 aliphatic heterocycles. The molecule has 156 valence electrons. The molecule has 0 N–H and O–H groups in total. The molecule has 9 heteroatoms. The van der Waals surface area contributed by atoms with Crippen molar-refractivity contribution in [2.75, 3.05) is 0 Å². The minimum Gasteiger partial charge on any atom is -0.458 e. The predicted octanol–water partition coefficient (Wildman–Crippen LogP) is 2.98. The smallest absolute Gasteiger partial charge is 0.293 e. The topological polar surface area (TPSA) is 104 Å². The first-order valence-electron chi connectivity index (χ1n) is 9.76. The number of benzene rings is 1. The van der Waals surface area contributed by atoms with Crippen LogP contribution >= 0.6 is 0 Å². The van der Waals surface area contributed by atoms with Gasteiger partial charge in [-0.15, -0.1) is 5.10 Å². The van der Waals surface area contributed by atoms with E-state index in [1.165, 1.54) is 4.68 Å². The molecule has 0 radical (unpaired) electrons. The summed E-state index contributed by atoms with van der Waals surface area (Å²) >= 11 is 0. The molecule has 3 rings (SSSR count). The van der Waals surface area contributed by atoms with Gasteiger partial charge in [0.15, 0.2) is 12.3 Å². The molecule has 0 spiro atoms. The van der Waals surface area contributed by atoms with Crippen LogP contribution in [0.3, 0.4) is 0 Å². The highest BCUT2D eigenvalue weighted by Crippen LogP contribution is 2.21. The molecule has 0 aliphatic carbocycles. The monoisotopic (exact) mass is 408 g/mol. The van der Waals surface area contributed by atoms with E-state index in [0.717, 1.165) is 24.8 Å². The van der Waals surface area contributed by atoms with Gasteiger partial charge >= 0.3 is 0 Å². The number of tetrazole rings is 1. The van der Waals surface area contributed by atoms with E-state index in [1.807, 2.05) is 48.5 Å². The van der Waals surface area contributed by atoms with E-state index in [4.69, 9.17) is 9.57 Å². The molecule has 0 saturated heterocycles. The third-order valence-electron chi connectivity index (χ3n) is 4.45. The number of hydrogen-bond acceptors (Lipinski definition) is 8. The minimum atomic E-state index is -0.365. The van der Waals surface area contributed by atoms with E-state index in [1.54, 1.807) is 7.05 Å². The Morgan fingerprint density at radius 1 is 1.20 bits per heavy atom. The molecule has 1 atom stereocenters. The number of unbranched alkanes of at least 4 members (excludes halogenated alkanes) is 1. The highest BCUT2D eigenvalue weighted by molar-refractivity contribution is 6.10. The molecular formula is C21H24N6O3. The SMILES string of the molecule is CCCCC(OC=O)c1cccc(CON=C(c2ccccc2)c2nnnn2C)n1. The fourth-order valence-electron chi connectivity index (χ4n) is 2.91. The van der Waals surface area contributed by atoms with Crippen LogP contribution in [0, 0.1) is 0 Å². The van der Waals surface area contributed by atoms with E-state index in [9.17, 15) is 4.79 Å². The van der Waals surface area contributed by atoms with Gasteiger partial charge in [-0.25, -0.2) is 4.68 Å². The third kappa shape index (κ3) is 5.47. The summed E-state index contributed by atoms with van der Waals surface area (Å²) in [4.78, 5) is 21.0. The van der Waals surface area contributed by atoms with Crippen molar-refractivity contribution >= 4 is 12.2 Å². The van der Waals surface area contributed by atoms with Crippen molar-refractivity contribution in [3.05, 3.63) is 71.3 Å². The largest absolute Gasteiger partial charge is 0.458 e. The van der Waals surface area contributed by atoms with Crippen molar-refractivity contribution in [1.29, 1.82) is 0 Å². The Kier molecular flexibility index (Phi) is 7.59. The Labute approximate surface area is 174 Å². The molecule has 1 unspecified atom stereocenters. The summed E-state index contributed by atoms with van der Waals surface area (Å²) < 4.78 is 6.74. The lowest BCUT2D eigenvalue weighted by molar-refractivity contribution is -0.134. The summed E-state index contributed by atoms with van der Waals surface area (Å²) in [6.45, 7) is 2.71. The van der Waals surface area contributed by atoms with Crippen LogP contribution in [-0.4, -0.2) is 37.4 Å². The van der Waals surface area contributed by atoms with Crippen LogP contribution in [-0.2, 0) is 28.0 Å². The van der Waals surface area contributed by atoms with Crippen LogP contribution in [0.1, 0.15) is 55.1 Å². The van der Waals surface area contributed by atoms with Crippen LogP contribution in [0.4, 0.5) is 0 Å². The Bertz CT molecular complexity index is 974. The van der Waals surface area contributed by atoms with Crippen molar-refractivity contribution in [2.45, 2.75) is 38.9 Å². The molecule has 2 aromatic heterocycles. The number of aromatic nitrogens is 5. The highest BCUT2D eigenvalue weighted by atomic mass is 16.6. The number of carbonyl (C=O) groups excluding carboxylic acids is 1. The second kappa shape index (κ2) is 10.8. The highest BCUT2D eigenvalue weighted by Gasteiger charge is 2.16. The summed E-state index contributed by atoms with van der Waals surface area (Å²) in [5.74, 6) is 0.488. The molecule has 3 aromatic rings. The van der Waals surface area contributed by atoms with Crippen LogP contribution in [0.5, 0.6) is 0 Å². The maximum Gasteiger partial charge on any atom is 0.293 e. The Morgan fingerprint density at radius 3 is 2.73 bits per heavy atom. The lowest BCUT2D eigenvalue weighted by Gasteiger charge is -2.15. The van der Waals surface area contributed by atoms with Crippen LogP contribution in [0.2, 0.25) is 0 Å². The quantitative estimate of drug-likeness (QED) is 0.273. The molecule has 30 heavy (non-hydrogen) atoms. The van der Waals surface area contributed by atoms with Crippen LogP contribution < -0.4 is 0 Å². The third-order valence-corrected chi connectivity index (χ3v) is 4.45. The zero-order valence-corrected chi connectivity index (χ0v) is 17.0. The Morgan fingerprint density at radius 2 is 2.03 bits per heavy atom. The second-order valence-electron chi connectivity index (χ2n) is 6.62. The van der Waals surface area contributed by atoms with Gasteiger partial charge in [0.2, 0.25) is 5.82 Å². The normalized spacial score (nSPS) is 12.4. The zero-order chi connectivity index (χ0) is 21.2. The van der Waals surface area contributed by atoms with Gasteiger partial charge in [0.1, 0.15) is 6.10 Å². The van der Waals surface area contributed by atoms with Gasteiger partial charge in [-0.1, -0.05) is 54.9 Å². The van der Waals surface area contributed by atoms with Crippen molar-refractivity contribution in [3.8, 4) is 0 Å². The van der Waals surface area contributed by atoms with Crippen molar-refractivity contribution in [2.24, 2.45) is 12.2 Å². The number of oxime groups is 1. The first kappa shape index (κ1) is 21.1. The van der Waals surface area contributed by atoms with E-state index in [2.05, 4.69) is 32.6 Å². The average molecular weight is 408 g/mol. The summed E-state index contributed by atoms with van der Waals surface area (Å²) in [6.07, 6.45) is 2.31. The standard InChI is InChI=1S/C21H24N6O3/c1-3-4-13-19(29-15-28)18-12-8-11-17(22-18)14-30-24-20(16-9-6-5-7-10-16)21-23-25-26-27(21)2/h5-12,15,19H,3-4,13-14H2,1-2H3. The molecular weight excluding hydrogens is 384 g/mol. The molecule has 9 nitrogen and oxygen atoms in total. The van der Waals surface area contributed by atoms with Gasteiger partial charge in [0.25, 0.3) is 6.47 Å². The first-order chi connectivity index (χ1) is 14.7. The lowest BCUT2D eigenvalue weighted by Crippen LogP contribution is -2.12. The van der Waals surface area contributed by atoms with Crippen molar-refractivity contribution in [1.82, 2.24) is 25.2 Å². The molecule has 0 bridgehead atoms. The summed E-state index contributed by atoms with van der Waals surface area (Å²) in [5.41, 5.74) is 2.72. The summed E-state index contributed by atoms with van der Waals surface area (Å²) in [6, 6.07) is 15.1. The Balaban J connectivity index is 1.77. The fraction of sp³-hybridized carbons (Fsp3) is 0.333. The first-order valence-corrected chi connectivity index (χ1v) is 9.76. The van der Waals surface area contributed by atoms with Crippen molar-refractivity contribution in [3.63, 3.8) is 0 Å². The van der Waals surface area contributed by atoms with Gasteiger partial charge in [0, 0.05) is 12.6 Å². The van der Waals surface area contributed by atoms with Crippen LogP contribution in [0.15, 0.2) is 53.7 Å². The molecule has 2 heterocycles. The number of ether oxygens (including phenoxy) is 1. The van der Waals surface area contributed by atoms with Gasteiger partial charge in [-0.3, -0.25) is 9.78 Å². The van der Waals surface area contributed by atoms with E-state index >= 15 is 0 Å². The summed E-state index contributed by atoms with van der Waals surface area (Å²) in [5, 5.41) is 15.9. The molecule has 0 amide bonds. The molecule has 0 fully saturated rings. The van der Waals surface area contributed by atoms with Gasteiger partial charge in [-0.2, -0.15) is 0 Å². The fourth-order valence-corrected chi connectivity index (χ4v) is 2.91. The molecule has 0 saturated carbocycles. The van der Waals surface area contributed by atoms with E-state index in [0.29, 0.717) is 29.4 Å². The predicted molar refractivity (Wildman–Crippen MR) is 109 cm³/mol. The van der Waals surface area contributed by atoms with Crippen LogP contribution in [0.25, 0.3) is 0 Å². The number of carbonyl (C=O) groups is 1. The summed E-state index contributed by atoms with van der Waals surface area (Å²) in [7, 11) is 1.74. The minimum absolute atomic E-state index is 0.150. The van der Waals surface area contributed by atoms with E-state index in [-0.39, 0.29) is 12.7 Å². The van der Waals surface area contributed by atoms with Gasteiger partial charge in [0.05, 0.1) is 11.4 Å². The molecule has 0 aliphatic rings. The second-order valence-corrected chi connectivity index (χ2v) is 6.62. The number of hydrogen-bond donors (Lipinski definition) is 0. The van der Waals surface area contributed by atoms with Gasteiger partial charge in [-0.05, 0) is 35.4 Å². The number of nitrogens with zero attached hydrogens (tertiary/aromatic N) is 6. The van der Waals surface area contributed by atoms with Gasteiger partial charge < -0.3 is 9.57 Å². The zero-order valence-electron chi connectivity index (χ0n) is 17.0. The molecule has 1 aromatic carbocycles. The maximum atomic E-state index is 10.8. The average Bonchev–Trinajstić information content (AvgIpc) is 3.20. The maximum absolute atomic E-state index is 10.8.